The van der Waals surface area contributed by atoms with Gasteiger partial charge in [0.25, 0.3) is 0 Å². The number of nitrogens with one attached hydrogen (secondary N) is 1. The van der Waals surface area contributed by atoms with Gasteiger partial charge in [-0.25, -0.2) is 9.78 Å². The van der Waals surface area contributed by atoms with Crippen LogP contribution in [0.4, 0.5) is 5.82 Å². The van der Waals surface area contributed by atoms with Crippen molar-refractivity contribution in [3.05, 3.63) is 29.5 Å². The number of carboxylic acids is 1. The molecule has 0 aromatic carbocycles. The van der Waals surface area contributed by atoms with Crippen molar-refractivity contribution < 1.29 is 14.7 Å². The van der Waals surface area contributed by atoms with E-state index >= 15 is 0 Å². The van der Waals surface area contributed by atoms with E-state index in [-0.39, 0.29) is 11.3 Å². The Labute approximate surface area is 110 Å². The summed E-state index contributed by atoms with van der Waals surface area (Å²) in [5.41, 5.74) is 1.49. The van der Waals surface area contributed by atoms with Crippen LogP contribution in [0.15, 0.2) is 18.3 Å². The fourth-order valence-electron chi connectivity index (χ4n) is 2.73. The molecule has 1 saturated carbocycles. The summed E-state index contributed by atoms with van der Waals surface area (Å²) in [6.45, 7) is 0. The van der Waals surface area contributed by atoms with Gasteiger partial charge in [-0.3, -0.25) is 4.79 Å². The largest absolute Gasteiger partial charge is 0.478 e. The molecule has 0 atom stereocenters. The number of aliphatic carboxylic acids is 1. The van der Waals surface area contributed by atoms with E-state index in [0.29, 0.717) is 12.2 Å². The molecule has 1 aliphatic carbocycles. The molecule has 1 aromatic rings. The second-order valence-corrected chi connectivity index (χ2v) is 5.21. The summed E-state index contributed by atoms with van der Waals surface area (Å²) in [5, 5.41) is 11.5. The van der Waals surface area contributed by atoms with Gasteiger partial charge in [0.15, 0.2) is 0 Å². The quantitative estimate of drug-likeness (QED) is 0.793. The number of carbonyl (C=O) groups is 2. The number of anilines is 1. The van der Waals surface area contributed by atoms with Crippen molar-refractivity contribution in [2.75, 3.05) is 5.32 Å². The summed E-state index contributed by atoms with van der Waals surface area (Å²) >= 11 is 0. The lowest BCUT2D eigenvalue weighted by Gasteiger charge is -2.43. The molecule has 1 spiro atoms. The first-order chi connectivity index (χ1) is 9.09. The summed E-state index contributed by atoms with van der Waals surface area (Å²) in [6.07, 6.45) is 7.81. The van der Waals surface area contributed by atoms with E-state index in [9.17, 15) is 9.59 Å². The van der Waals surface area contributed by atoms with Gasteiger partial charge in [-0.2, -0.15) is 0 Å². The van der Waals surface area contributed by atoms with E-state index < -0.39 is 5.97 Å². The van der Waals surface area contributed by atoms with Crippen molar-refractivity contribution in [1.29, 1.82) is 0 Å². The Bertz CT molecular complexity index is 588. The highest BCUT2D eigenvalue weighted by Crippen LogP contribution is 2.47. The molecular formula is C14H14N2O3. The molecule has 0 saturated heterocycles. The van der Waals surface area contributed by atoms with E-state index in [4.69, 9.17) is 5.11 Å². The van der Waals surface area contributed by atoms with Crippen LogP contribution in [0.3, 0.4) is 0 Å². The Morgan fingerprint density at radius 2 is 2.26 bits per heavy atom. The number of carbonyl (C=O) groups excluding carboxylic acids is 1. The summed E-state index contributed by atoms with van der Waals surface area (Å²) in [5.74, 6) is -0.302. The van der Waals surface area contributed by atoms with Crippen molar-refractivity contribution in [1.82, 2.24) is 4.98 Å². The zero-order valence-electron chi connectivity index (χ0n) is 10.3. The standard InChI is InChI=1S/C14H14N2O3/c17-11(18)3-2-9-6-10-7-14(4-1-5-14)13(19)16-12(10)15-8-9/h2-3,6,8H,1,4-5,7H2,(H,17,18)(H,15,16,19)/b3-2+. The normalized spacial score (nSPS) is 19.9. The number of carboxylic acid groups (broad SMARTS) is 1. The summed E-state index contributed by atoms with van der Waals surface area (Å²) < 4.78 is 0. The number of aromatic nitrogens is 1. The molecule has 1 fully saturated rings. The maximum Gasteiger partial charge on any atom is 0.328 e. The van der Waals surface area contributed by atoms with Crippen LogP contribution in [0, 0.1) is 5.41 Å². The van der Waals surface area contributed by atoms with E-state index in [1.54, 1.807) is 6.20 Å². The molecule has 98 valence electrons. The van der Waals surface area contributed by atoms with Crippen molar-refractivity contribution in [3.63, 3.8) is 0 Å². The highest BCUT2D eigenvalue weighted by atomic mass is 16.4. The second-order valence-electron chi connectivity index (χ2n) is 5.21. The van der Waals surface area contributed by atoms with Gasteiger partial charge in [0.1, 0.15) is 5.82 Å². The molecule has 5 nitrogen and oxygen atoms in total. The molecule has 2 heterocycles. The number of hydrogen-bond donors (Lipinski definition) is 2. The van der Waals surface area contributed by atoms with Crippen molar-refractivity contribution in [2.24, 2.45) is 5.41 Å². The van der Waals surface area contributed by atoms with Gasteiger partial charge in [0, 0.05) is 12.3 Å². The average molecular weight is 258 g/mol. The molecule has 1 amide bonds. The molecule has 2 aliphatic rings. The van der Waals surface area contributed by atoms with E-state index in [0.717, 1.165) is 36.5 Å². The fourth-order valence-corrected chi connectivity index (χ4v) is 2.73. The first-order valence-corrected chi connectivity index (χ1v) is 6.30. The minimum absolute atomic E-state index is 0.0765. The number of pyridine rings is 1. The van der Waals surface area contributed by atoms with Crippen LogP contribution < -0.4 is 5.32 Å². The number of rotatable bonds is 2. The van der Waals surface area contributed by atoms with E-state index in [1.165, 1.54) is 6.08 Å². The van der Waals surface area contributed by atoms with Gasteiger partial charge >= 0.3 is 5.97 Å². The number of fused-ring (bicyclic) bond motifs is 1. The lowest BCUT2D eigenvalue weighted by Crippen LogP contribution is -2.46. The lowest BCUT2D eigenvalue weighted by atomic mass is 9.63. The third kappa shape index (κ3) is 2.01. The smallest absolute Gasteiger partial charge is 0.328 e. The topological polar surface area (TPSA) is 79.3 Å². The van der Waals surface area contributed by atoms with Crippen molar-refractivity contribution in [3.8, 4) is 0 Å². The molecule has 19 heavy (non-hydrogen) atoms. The first kappa shape index (κ1) is 11.9. The zero-order valence-corrected chi connectivity index (χ0v) is 10.3. The van der Waals surface area contributed by atoms with Gasteiger partial charge < -0.3 is 10.4 Å². The Kier molecular flexibility index (Phi) is 2.62. The molecule has 0 bridgehead atoms. The van der Waals surface area contributed by atoms with E-state index in [1.807, 2.05) is 6.07 Å². The monoisotopic (exact) mass is 258 g/mol. The van der Waals surface area contributed by atoms with Crippen LogP contribution in [-0.4, -0.2) is 22.0 Å². The van der Waals surface area contributed by atoms with E-state index in [2.05, 4.69) is 10.3 Å². The molecule has 1 aliphatic heterocycles. The molecule has 0 unspecified atom stereocenters. The molecule has 0 radical (unpaired) electrons. The van der Waals surface area contributed by atoms with Gasteiger partial charge in [-0.1, -0.05) is 6.42 Å². The molecular weight excluding hydrogens is 244 g/mol. The van der Waals surface area contributed by atoms with Crippen LogP contribution in [-0.2, 0) is 16.0 Å². The third-order valence-electron chi connectivity index (χ3n) is 3.96. The molecule has 3 rings (SSSR count). The summed E-state index contributed by atoms with van der Waals surface area (Å²) in [6, 6.07) is 1.90. The van der Waals surface area contributed by atoms with Crippen LogP contribution in [0.2, 0.25) is 0 Å². The Morgan fingerprint density at radius 1 is 1.47 bits per heavy atom. The van der Waals surface area contributed by atoms with Crippen molar-refractivity contribution >= 4 is 23.8 Å². The van der Waals surface area contributed by atoms with Crippen LogP contribution >= 0.6 is 0 Å². The SMILES string of the molecule is O=C(O)/C=C/c1cnc2c(c1)CC1(CCC1)C(=O)N2. The first-order valence-electron chi connectivity index (χ1n) is 6.30. The fraction of sp³-hybridized carbons (Fsp3) is 0.357. The number of nitrogens with zero attached hydrogens (tertiary/aromatic N) is 1. The Hall–Kier alpha value is -2.17. The number of hydrogen-bond acceptors (Lipinski definition) is 3. The molecule has 1 aromatic heterocycles. The van der Waals surface area contributed by atoms with Crippen LogP contribution in [0.1, 0.15) is 30.4 Å². The van der Waals surface area contributed by atoms with Gasteiger partial charge in [0.05, 0.1) is 5.41 Å². The summed E-state index contributed by atoms with van der Waals surface area (Å²) in [4.78, 5) is 26.7. The Morgan fingerprint density at radius 3 is 2.89 bits per heavy atom. The van der Waals surface area contributed by atoms with Crippen molar-refractivity contribution in [2.45, 2.75) is 25.7 Å². The number of amides is 1. The average Bonchev–Trinajstić information content (AvgIpc) is 2.33. The van der Waals surface area contributed by atoms with Crippen LogP contribution in [0.25, 0.3) is 6.08 Å². The molecule has 2 N–H and O–H groups in total. The third-order valence-corrected chi connectivity index (χ3v) is 3.96. The van der Waals surface area contributed by atoms with Crippen LogP contribution in [0.5, 0.6) is 0 Å². The predicted octanol–water partition coefficient (Wildman–Crippen LogP) is 1.84. The second kappa shape index (κ2) is 4.19. The highest BCUT2D eigenvalue weighted by molar-refractivity contribution is 5.98. The molecule has 5 heteroatoms. The zero-order chi connectivity index (χ0) is 13.5. The minimum Gasteiger partial charge on any atom is -0.478 e. The highest BCUT2D eigenvalue weighted by Gasteiger charge is 2.47. The maximum atomic E-state index is 12.0. The maximum absolute atomic E-state index is 12.0. The van der Waals surface area contributed by atoms with Gasteiger partial charge in [0.2, 0.25) is 5.91 Å². The Balaban J connectivity index is 1.91. The van der Waals surface area contributed by atoms with Gasteiger partial charge in [-0.15, -0.1) is 0 Å². The predicted molar refractivity (Wildman–Crippen MR) is 69.5 cm³/mol. The lowest BCUT2D eigenvalue weighted by molar-refractivity contribution is -0.131. The minimum atomic E-state index is -0.985. The van der Waals surface area contributed by atoms with Gasteiger partial charge in [-0.05, 0) is 42.5 Å². The summed E-state index contributed by atoms with van der Waals surface area (Å²) in [7, 11) is 0.